The summed E-state index contributed by atoms with van der Waals surface area (Å²) in [5.74, 6) is -0.262. The number of rotatable bonds is 3. The second-order valence-corrected chi connectivity index (χ2v) is 3.23. The van der Waals surface area contributed by atoms with Crippen LogP contribution in [-0.4, -0.2) is 20.9 Å². The van der Waals surface area contributed by atoms with Gasteiger partial charge in [0.05, 0.1) is 18.6 Å². The van der Waals surface area contributed by atoms with Crippen LogP contribution in [-0.2, 0) is 6.54 Å². The van der Waals surface area contributed by atoms with Crippen molar-refractivity contribution in [1.82, 2.24) is 20.3 Å². The molecule has 0 aromatic carbocycles. The Morgan fingerprint density at radius 3 is 3.12 bits per heavy atom. The highest BCUT2D eigenvalue weighted by Gasteiger charge is 2.06. The van der Waals surface area contributed by atoms with Gasteiger partial charge >= 0.3 is 0 Å². The molecule has 0 saturated carbocycles. The van der Waals surface area contributed by atoms with E-state index in [4.69, 9.17) is 5.73 Å². The standard InChI is InChI=1S/C10H11N5O/c11-7-1-2-13-9(3-7)10(16)14-5-8-4-12-6-15-8/h1-4,6H,5H2,(H2,11,13)(H,12,15)(H,14,16). The number of nitrogens with one attached hydrogen (secondary N) is 2. The molecule has 0 aliphatic heterocycles. The van der Waals surface area contributed by atoms with Gasteiger partial charge in [-0.05, 0) is 12.1 Å². The van der Waals surface area contributed by atoms with Crippen LogP contribution in [0.2, 0.25) is 0 Å². The summed E-state index contributed by atoms with van der Waals surface area (Å²) in [7, 11) is 0. The van der Waals surface area contributed by atoms with E-state index in [1.807, 2.05) is 0 Å². The van der Waals surface area contributed by atoms with Crippen molar-refractivity contribution in [2.24, 2.45) is 0 Å². The molecule has 82 valence electrons. The summed E-state index contributed by atoms with van der Waals surface area (Å²) in [6.07, 6.45) is 4.70. The van der Waals surface area contributed by atoms with E-state index in [2.05, 4.69) is 20.3 Å². The number of imidazole rings is 1. The number of pyridine rings is 1. The minimum atomic E-state index is -0.262. The number of aromatic nitrogens is 3. The van der Waals surface area contributed by atoms with Crippen LogP contribution in [0.4, 0.5) is 5.69 Å². The van der Waals surface area contributed by atoms with Gasteiger partial charge in [0, 0.05) is 18.1 Å². The van der Waals surface area contributed by atoms with Gasteiger partial charge < -0.3 is 16.0 Å². The van der Waals surface area contributed by atoms with Crippen LogP contribution in [0.25, 0.3) is 0 Å². The first kappa shape index (κ1) is 10.2. The Morgan fingerprint density at radius 1 is 1.56 bits per heavy atom. The Labute approximate surface area is 91.9 Å². The maximum atomic E-state index is 11.6. The van der Waals surface area contributed by atoms with E-state index in [0.29, 0.717) is 17.9 Å². The molecular weight excluding hydrogens is 206 g/mol. The molecule has 1 amide bonds. The minimum Gasteiger partial charge on any atom is -0.399 e. The van der Waals surface area contributed by atoms with Crippen LogP contribution in [0.15, 0.2) is 30.9 Å². The summed E-state index contributed by atoms with van der Waals surface area (Å²) in [6.45, 7) is 0.384. The van der Waals surface area contributed by atoms with Crippen molar-refractivity contribution < 1.29 is 4.79 Å². The number of nitrogens with zero attached hydrogens (tertiary/aromatic N) is 2. The molecule has 16 heavy (non-hydrogen) atoms. The number of aromatic amines is 1. The van der Waals surface area contributed by atoms with Gasteiger partial charge in [-0.1, -0.05) is 0 Å². The molecule has 0 aliphatic carbocycles. The van der Waals surface area contributed by atoms with E-state index < -0.39 is 0 Å². The highest BCUT2D eigenvalue weighted by Crippen LogP contribution is 2.02. The molecule has 2 aromatic heterocycles. The average molecular weight is 217 g/mol. The monoisotopic (exact) mass is 217 g/mol. The van der Waals surface area contributed by atoms with Crippen molar-refractivity contribution in [3.63, 3.8) is 0 Å². The van der Waals surface area contributed by atoms with Crippen LogP contribution in [0.3, 0.4) is 0 Å². The summed E-state index contributed by atoms with van der Waals surface area (Å²) < 4.78 is 0. The van der Waals surface area contributed by atoms with E-state index >= 15 is 0 Å². The maximum Gasteiger partial charge on any atom is 0.270 e. The quantitative estimate of drug-likeness (QED) is 0.689. The van der Waals surface area contributed by atoms with E-state index in [-0.39, 0.29) is 5.91 Å². The number of nitrogen functional groups attached to an aromatic ring is 1. The highest BCUT2D eigenvalue weighted by molar-refractivity contribution is 5.92. The van der Waals surface area contributed by atoms with Crippen LogP contribution in [0, 0.1) is 0 Å². The molecule has 0 saturated heterocycles. The van der Waals surface area contributed by atoms with Crippen LogP contribution in [0.1, 0.15) is 16.2 Å². The molecule has 0 fully saturated rings. The Morgan fingerprint density at radius 2 is 2.44 bits per heavy atom. The second kappa shape index (κ2) is 4.43. The molecule has 0 radical (unpaired) electrons. The fourth-order valence-electron chi connectivity index (χ4n) is 1.22. The molecule has 2 heterocycles. The van der Waals surface area contributed by atoms with Crippen molar-refractivity contribution in [3.8, 4) is 0 Å². The summed E-state index contributed by atoms with van der Waals surface area (Å²) in [4.78, 5) is 22.3. The molecule has 0 atom stereocenters. The number of hydrogen-bond donors (Lipinski definition) is 3. The lowest BCUT2D eigenvalue weighted by atomic mass is 10.3. The SMILES string of the molecule is Nc1ccnc(C(=O)NCc2cnc[nH]2)c1. The first-order valence-corrected chi connectivity index (χ1v) is 4.72. The first-order chi connectivity index (χ1) is 7.75. The third-order valence-electron chi connectivity index (χ3n) is 2.01. The fraction of sp³-hybridized carbons (Fsp3) is 0.100. The third kappa shape index (κ3) is 2.35. The topological polar surface area (TPSA) is 96.7 Å². The number of anilines is 1. The van der Waals surface area contributed by atoms with Gasteiger partial charge in [-0.15, -0.1) is 0 Å². The van der Waals surface area contributed by atoms with Gasteiger partial charge in [-0.25, -0.2) is 4.98 Å². The summed E-state index contributed by atoms with van der Waals surface area (Å²) in [6, 6.07) is 3.16. The molecule has 6 nitrogen and oxygen atoms in total. The number of nitrogens with two attached hydrogens (primary N) is 1. The normalized spacial score (nSPS) is 10.0. The Kier molecular flexibility index (Phi) is 2.81. The summed E-state index contributed by atoms with van der Waals surface area (Å²) >= 11 is 0. The zero-order valence-corrected chi connectivity index (χ0v) is 8.47. The number of hydrogen-bond acceptors (Lipinski definition) is 4. The van der Waals surface area contributed by atoms with Gasteiger partial charge in [0.25, 0.3) is 5.91 Å². The second-order valence-electron chi connectivity index (χ2n) is 3.23. The van der Waals surface area contributed by atoms with Crippen LogP contribution in [0.5, 0.6) is 0 Å². The maximum absolute atomic E-state index is 11.6. The first-order valence-electron chi connectivity index (χ1n) is 4.72. The van der Waals surface area contributed by atoms with E-state index in [1.54, 1.807) is 18.6 Å². The zero-order chi connectivity index (χ0) is 11.4. The van der Waals surface area contributed by atoms with Gasteiger partial charge in [0.15, 0.2) is 0 Å². The molecule has 0 bridgehead atoms. The van der Waals surface area contributed by atoms with Crippen molar-refractivity contribution in [3.05, 3.63) is 42.2 Å². The third-order valence-corrected chi connectivity index (χ3v) is 2.01. The fourth-order valence-corrected chi connectivity index (χ4v) is 1.22. The summed E-state index contributed by atoms with van der Waals surface area (Å²) in [5.41, 5.74) is 7.20. The molecule has 0 aliphatic rings. The number of carbonyl (C=O) groups excluding carboxylic acids is 1. The van der Waals surface area contributed by atoms with Crippen molar-refractivity contribution in [2.45, 2.75) is 6.54 Å². The van der Waals surface area contributed by atoms with Crippen molar-refractivity contribution in [2.75, 3.05) is 5.73 Å². The van der Waals surface area contributed by atoms with Gasteiger partial charge in [-0.3, -0.25) is 9.78 Å². The molecule has 2 aromatic rings. The predicted molar refractivity (Wildman–Crippen MR) is 58.4 cm³/mol. The van der Waals surface area contributed by atoms with Crippen molar-refractivity contribution >= 4 is 11.6 Å². The van der Waals surface area contributed by atoms with E-state index in [0.717, 1.165) is 5.69 Å². The van der Waals surface area contributed by atoms with Gasteiger partial charge in [0.2, 0.25) is 0 Å². The number of carbonyl (C=O) groups is 1. The lowest BCUT2D eigenvalue weighted by Gasteiger charge is -2.03. The molecule has 0 unspecified atom stereocenters. The molecular formula is C10H11N5O. The lowest BCUT2D eigenvalue weighted by molar-refractivity contribution is 0.0945. The van der Waals surface area contributed by atoms with E-state index in [1.165, 1.54) is 12.3 Å². The lowest BCUT2D eigenvalue weighted by Crippen LogP contribution is -2.24. The number of amides is 1. The smallest absolute Gasteiger partial charge is 0.270 e. The van der Waals surface area contributed by atoms with Crippen LogP contribution < -0.4 is 11.1 Å². The number of H-pyrrole nitrogens is 1. The Hall–Kier alpha value is -2.37. The molecule has 0 spiro atoms. The van der Waals surface area contributed by atoms with E-state index in [9.17, 15) is 4.79 Å². The molecule has 2 rings (SSSR count). The average Bonchev–Trinajstić information content (AvgIpc) is 2.78. The summed E-state index contributed by atoms with van der Waals surface area (Å²) in [5, 5.41) is 2.70. The van der Waals surface area contributed by atoms with Crippen LogP contribution >= 0.6 is 0 Å². The van der Waals surface area contributed by atoms with Gasteiger partial charge in [-0.2, -0.15) is 0 Å². The van der Waals surface area contributed by atoms with Gasteiger partial charge in [0.1, 0.15) is 5.69 Å². The Balaban J connectivity index is 1.98. The molecule has 4 N–H and O–H groups in total. The highest BCUT2D eigenvalue weighted by atomic mass is 16.1. The Bertz CT molecular complexity index is 480. The molecule has 6 heteroatoms. The minimum absolute atomic E-state index is 0.262. The zero-order valence-electron chi connectivity index (χ0n) is 8.47. The largest absolute Gasteiger partial charge is 0.399 e. The van der Waals surface area contributed by atoms with Crippen molar-refractivity contribution in [1.29, 1.82) is 0 Å². The predicted octanol–water partition coefficient (Wildman–Crippen LogP) is 0.317.